The molecule has 1 aromatic heterocycles. The van der Waals surface area contributed by atoms with Crippen LogP contribution in [0.4, 0.5) is 0 Å². The lowest BCUT2D eigenvalue weighted by Crippen LogP contribution is -2.34. The monoisotopic (exact) mass is 312 g/mol. The number of hydrogen-bond donors (Lipinski definition) is 1. The summed E-state index contributed by atoms with van der Waals surface area (Å²) in [5, 5.41) is 0. The molecule has 0 aliphatic carbocycles. The van der Waals surface area contributed by atoms with Crippen molar-refractivity contribution in [2.75, 3.05) is 19.6 Å². The van der Waals surface area contributed by atoms with E-state index in [-0.39, 0.29) is 10.3 Å². The molecule has 20 heavy (non-hydrogen) atoms. The molecule has 1 saturated heterocycles. The first-order valence-corrected chi connectivity index (χ1v) is 8.55. The second kappa shape index (κ2) is 4.73. The van der Waals surface area contributed by atoms with Gasteiger partial charge in [0.1, 0.15) is 15.9 Å². The van der Waals surface area contributed by atoms with Gasteiger partial charge in [-0.3, -0.25) is 0 Å². The Hall–Kier alpha value is -1.09. The minimum atomic E-state index is -3.53. The third-order valence-corrected chi connectivity index (χ3v) is 6.30. The molecule has 8 heteroatoms. The summed E-state index contributed by atoms with van der Waals surface area (Å²) in [5.41, 5.74) is 6.69. The molecule has 0 bridgehead atoms. The molecule has 1 aromatic carbocycles. The van der Waals surface area contributed by atoms with E-state index in [1.807, 2.05) is 6.92 Å². The highest BCUT2D eigenvalue weighted by Gasteiger charge is 2.39. The van der Waals surface area contributed by atoms with Gasteiger partial charge < -0.3 is 5.73 Å². The molecule has 0 spiro atoms. The van der Waals surface area contributed by atoms with E-state index in [1.54, 1.807) is 18.2 Å². The van der Waals surface area contributed by atoms with Crippen molar-refractivity contribution >= 4 is 32.8 Å². The number of hydrogen-bond acceptors (Lipinski definition) is 6. The van der Waals surface area contributed by atoms with Crippen LogP contribution in [0.25, 0.3) is 11.0 Å². The zero-order chi connectivity index (χ0) is 14.4. The molecule has 2 N–H and O–H groups in total. The van der Waals surface area contributed by atoms with Gasteiger partial charge in [-0.15, -0.1) is 0 Å². The highest BCUT2D eigenvalue weighted by Crippen LogP contribution is 2.34. The summed E-state index contributed by atoms with van der Waals surface area (Å²) in [4.78, 5) is 0.241. The highest BCUT2D eigenvalue weighted by atomic mass is 32.2. The molecule has 1 unspecified atom stereocenters. The lowest BCUT2D eigenvalue weighted by molar-refractivity contribution is 0.350. The number of sulfonamides is 1. The van der Waals surface area contributed by atoms with Crippen LogP contribution in [0.15, 0.2) is 23.1 Å². The summed E-state index contributed by atoms with van der Waals surface area (Å²) in [5.74, 6) is 0. The summed E-state index contributed by atoms with van der Waals surface area (Å²) in [7, 11) is -3.53. The van der Waals surface area contributed by atoms with E-state index in [1.165, 1.54) is 4.31 Å². The molecular weight excluding hydrogens is 296 g/mol. The number of aromatic nitrogens is 2. The van der Waals surface area contributed by atoms with E-state index < -0.39 is 10.0 Å². The van der Waals surface area contributed by atoms with Crippen LogP contribution in [0.2, 0.25) is 0 Å². The van der Waals surface area contributed by atoms with Crippen molar-refractivity contribution in [1.82, 2.24) is 13.1 Å². The molecule has 1 atom stereocenters. The largest absolute Gasteiger partial charge is 0.330 e. The summed E-state index contributed by atoms with van der Waals surface area (Å²) in [6.07, 6.45) is 0.786. The quantitative estimate of drug-likeness (QED) is 0.915. The molecule has 2 heterocycles. The maximum atomic E-state index is 12.8. The molecule has 1 aliphatic rings. The van der Waals surface area contributed by atoms with Gasteiger partial charge in [0, 0.05) is 13.1 Å². The fourth-order valence-corrected chi connectivity index (χ4v) is 4.82. The average molecular weight is 312 g/mol. The Labute approximate surface area is 122 Å². The molecule has 108 valence electrons. The molecule has 1 aliphatic heterocycles. The summed E-state index contributed by atoms with van der Waals surface area (Å²) in [6, 6.07) is 5.07. The normalized spacial score (nSPS) is 24.5. The molecule has 0 radical (unpaired) electrons. The molecule has 0 saturated carbocycles. The Balaban J connectivity index is 2.03. The fourth-order valence-electron chi connectivity index (χ4n) is 2.48. The predicted octanol–water partition coefficient (Wildman–Crippen LogP) is 1.05. The van der Waals surface area contributed by atoms with Crippen molar-refractivity contribution in [2.24, 2.45) is 11.1 Å². The van der Waals surface area contributed by atoms with Gasteiger partial charge in [0.2, 0.25) is 10.0 Å². The van der Waals surface area contributed by atoms with Gasteiger partial charge >= 0.3 is 0 Å². The van der Waals surface area contributed by atoms with E-state index in [4.69, 9.17) is 5.73 Å². The lowest BCUT2D eigenvalue weighted by atomic mass is 9.90. The van der Waals surface area contributed by atoms with Crippen LogP contribution in [0, 0.1) is 5.41 Å². The van der Waals surface area contributed by atoms with Gasteiger partial charge in [-0.25, -0.2) is 8.42 Å². The van der Waals surface area contributed by atoms with Crippen LogP contribution in [0.3, 0.4) is 0 Å². The molecule has 1 fully saturated rings. The molecular formula is C12H16N4O2S2. The van der Waals surface area contributed by atoms with E-state index >= 15 is 0 Å². The Morgan fingerprint density at radius 3 is 2.95 bits per heavy atom. The fraction of sp³-hybridized carbons (Fsp3) is 0.500. The zero-order valence-corrected chi connectivity index (χ0v) is 12.7. The molecule has 3 rings (SSSR count). The summed E-state index contributed by atoms with van der Waals surface area (Å²) in [6.45, 7) is 3.47. The maximum absolute atomic E-state index is 12.8. The molecule has 0 amide bonds. The Kier molecular flexibility index (Phi) is 3.28. The van der Waals surface area contributed by atoms with Gasteiger partial charge in [0.15, 0.2) is 0 Å². The first kappa shape index (κ1) is 13.9. The van der Waals surface area contributed by atoms with Gasteiger partial charge in [0.25, 0.3) is 0 Å². The molecule has 2 aromatic rings. The van der Waals surface area contributed by atoms with Gasteiger partial charge in [-0.1, -0.05) is 13.0 Å². The van der Waals surface area contributed by atoms with E-state index in [0.717, 1.165) is 18.1 Å². The minimum Gasteiger partial charge on any atom is -0.330 e. The minimum absolute atomic E-state index is 0.138. The van der Waals surface area contributed by atoms with Crippen molar-refractivity contribution in [3.8, 4) is 0 Å². The first-order chi connectivity index (χ1) is 9.46. The highest BCUT2D eigenvalue weighted by molar-refractivity contribution is 7.89. The summed E-state index contributed by atoms with van der Waals surface area (Å²) >= 11 is 1.03. The van der Waals surface area contributed by atoms with E-state index in [2.05, 4.69) is 8.75 Å². The van der Waals surface area contributed by atoms with Crippen molar-refractivity contribution in [3.63, 3.8) is 0 Å². The SMILES string of the molecule is CC1(CN)CCN(S(=O)(=O)c2cccc3nsnc23)C1. The third-order valence-electron chi connectivity index (χ3n) is 3.88. The van der Waals surface area contributed by atoms with Gasteiger partial charge in [-0.2, -0.15) is 13.1 Å². The van der Waals surface area contributed by atoms with E-state index in [0.29, 0.717) is 30.7 Å². The second-order valence-electron chi connectivity index (χ2n) is 5.49. The van der Waals surface area contributed by atoms with Crippen LogP contribution >= 0.6 is 11.7 Å². The smallest absolute Gasteiger partial charge is 0.245 e. The average Bonchev–Trinajstić information content (AvgIpc) is 3.05. The van der Waals surface area contributed by atoms with E-state index in [9.17, 15) is 8.42 Å². The van der Waals surface area contributed by atoms with Crippen molar-refractivity contribution < 1.29 is 8.42 Å². The number of rotatable bonds is 3. The predicted molar refractivity (Wildman–Crippen MR) is 78.0 cm³/mol. The first-order valence-electron chi connectivity index (χ1n) is 6.38. The van der Waals surface area contributed by atoms with Gasteiger partial charge in [-0.05, 0) is 30.5 Å². The number of benzene rings is 1. The van der Waals surface area contributed by atoms with Crippen LogP contribution in [-0.2, 0) is 10.0 Å². The van der Waals surface area contributed by atoms with Gasteiger partial charge in [0.05, 0.1) is 11.7 Å². The standard InChI is InChI=1S/C12H16N4O2S2/c1-12(7-13)5-6-16(8-12)20(17,18)10-4-2-3-9-11(10)15-19-14-9/h2-4H,5-8,13H2,1H3. The van der Waals surface area contributed by atoms with Crippen molar-refractivity contribution in [3.05, 3.63) is 18.2 Å². The molecule has 6 nitrogen and oxygen atoms in total. The van der Waals surface area contributed by atoms with Crippen LogP contribution in [-0.4, -0.2) is 41.1 Å². The second-order valence-corrected chi connectivity index (χ2v) is 7.93. The lowest BCUT2D eigenvalue weighted by Gasteiger charge is -2.22. The Morgan fingerprint density at radius 2 is 2.25 bits per heavy atom. The van der Waals surface area contributed by atoms with Crippen LogP contribution < -0.4 is 5.73 Å². The zero-order valence-electron chi connectivity index (χ0n) is 11.1. The number of fused-ring (bicyclic) bond motifs is 1. The Bertz CT molecular complexity index is 743. The van der Waals surface area contributed by atoms with Crippen molar-refractivity contribution in [2.45, 2.75) is 18.2 Å². The third kappa shape index (κ3) is 2.12. The number of nitrogens with two attached hydrogens (primary N) is 1. The maximum Gasteiger partial charge on any atom is 0.245 e. The topological polar surface area (TPSA) is 89.2 Å². The van der Waals surface area contributed by atoms with Crippen LogP contribution in [0.5, 0.6) is 0 Å². The Morgan fingerprint density at radius 1 is 1.45 bits per heavy atom. The summed E-state index contributed by atoms with van der Waals surface area (Å²) < 4.78 is 35.3. The van der Waals surface area contributed by atoms with Crippen LogP contribution in [0.1, 0.15) is 13.3 Å². The number of nitrogens with zero attached hydrogens (tertiary/aromatic N) is 3. The van der Waals surface area contributed by atoms with Crippen molar-refractivity contribution in [1.29, 1.82) is 0 Å².